The summed E-state index contributed by atoms with van der Waals surface area (Å²) in [6.45, 7) is 5.94. The van der Waals surface area contributed by atoms with Crippen LogP contribution >= 0.6 is 0 Å². The molecule has 5 heteroatoms. The van der Waals surface area contributed by atoms with Crippen molar-refractivity contribution in [2.75, 3.05) is 0 Å². The van der Waals surface area contributed by atoms with Gasteiger partial charge in [0, 0.05) is 22.9 Å². The molecule has 0 aliphatic heterocycles. The van der Waals surface area contributed by atoms with Crippen LogP contribution in [0.2, 0.25) is 0 Å². The highest BCUT2D eigenvalue weighted by Gasteiger charge is 2.11. The van der Waals surface area contributed by atoms with Crippen LogP contribution in [0.5, 0.6) is 5.75 Å². The first-order valence-corrected chi connectivity index (χ1v) is 8.69. The minimum atomic E-state index is -0.275. The van der Waals surface area contributed by atoms with Crippen molar-refractivity contribution in [2.24, 2.45) is 5.10 Å². The topological polar surface area (TPSA) is 63.8 Å². The van der Waals surface area contributed by atoms with Crippen LogP contribution in [0.3, 0.4) is 0 Å². The Labute approximate surface area is 152 Å². The van der Waals surface area contributed by atoms with Crippen molar-refractivity contribution in [3.05, 3.63) is 65.4 Å². The SMILES string of the molecule is CCc1oc2ccccc2c1/C=N\NC(=O)c1ccc(OC(C)C)cc1. The summed E-state index contributed by atoms with van der Waals surface area (Å²) >= 11 is 0. The van der Waals surface area contributed by atoms with Crippen LogP contribution in [-0.2, 0) is 6.42 Å². The number of rotatable bonds is 6. The van der Waals surface area contributed by atoms with Gasteiger partial charge in [0.2, 0.25) is 0 Å². The molecule has 3 rings (SSSR count). The Morgan fingerprint density at radius 3 is 2.62 bits per heavy atom. The first kappa shape index (κ1) is 17.7. The Bertz CT molecular complexity index is 924. The molecular weight excluding hydrogens is 328 g/mol. The molecule has 0 unspecified atom stereocenters. The van der Waals surface area contributed by atoms with Gasteiger partial charge in [-0.25, -0.2) is 5.43 Å². The smallest absolute Gasteiger partial charge is 0.271 e. The van der Waals surface area contributed by atoms with Gasteiger partial charge in [-0.2, -0.15) is 5.10 Å². The number of benzene rings is 2. The fourth-order valence-electron chi connectivity index (χ4n) is 2.70. The molecule has 0 aliphatic rings. The minimum Gasteiger partial charge on any atom is -0.491 e. The van der Waals surface area contributed by atoms with Crippen LogP contribution in [0.1, 0.15) is 42.5 Å². The summed E-state index contributed by atoms with van der Waals surface area (Å²) in [5.41, 5.74) is 4.79. The Hall–Kier alpha value is -3.08. The Balaban J connectivity index is 1.71. The highest BCUT2D eigenvalue weighted by Crippen LogP contribution is 2.24. The molecule has 134 valence electrons. The lowest BCUT2D eigenvalue weighted by Gasteiger charge is -2.09. The molecule has 5 nitrogen and oxygen atoms in total. The van der Waals surface area contributed by atoms with E-state index in [1.54, 1.807) is 30.5 Å². The Morgan fingerprint density at radius 2 is 1.92 bits per heavy atom. The maximum atomic E-state index is 12.2. The second-order valence-electron chi connectivity index (χ2n) is 6.18. The highest BCUT2D eigenvalue weighted by atomic mass is 16.5. The number of carbonyl (C=O) groups excluding carboxylic acids is 1. The summed E-state index contributed by atoms with van der Waals surface area (Å²) in [6.07, 6.45) is 2.48. The number of nitrogens with one attached hydrogen (secondary N) is 1. The minimum absolute atomic E-state index is 0.0943. The third-order valence-corrected chi connectivity index (χ3v) is 3.88. The van der Waals surface area contributed by atoms with E-state index in [4.69, 9.17) is 9.15 Å². The fourth-order valence-corrected chi connectivity index (χ4v) is 2.70. The lowest BCUT2D eigenvalue weighted by Crippen LogP contribution is -2.17. The summed E-state index contributed by atoms with van der Waals surface area (Å²) in [5.74, 6) is 1.31. The van der Waals surface area contributed by atoms with Crippen molar-refractivity contribution in [3.8, 4) is 5.75 Å². The molecular formula is C21H22N2O3. The summed E-state index contributed by atoms with van der Waals surface area (Å²) in [5, 5.41) is 5.09. The van der Waals surface area contributed by atoms with Gasteiger partial charge in [0.25, 0.3) is 5.91 Å². The van der Waals surface area contributed by atoms with E-state index < -0.39 is 0 Å². The molecule has 0 spiro atoms. The van der Waals surface area contributed by atoms with Gasteiger partial charge >= 0.3 is 0 Å². The van der Waals surface area contributed by atoms with E-state index in [1.165, 1.54) is 0 Å². The van der Waals surface area contributed by atoms with E-state index in [0.717, 1.165) is 34.5 Å². The number of hydrazone groups is 1. The molecule has 1 aromatic heterocycles. The molecule has 0 saturated heterocycles. The van der Waals surface area contributed by atoms with Gasteiger partial charge in [-0.15, -0.1) is 0 Å². The second-order valence-corrected chi connectivity index (χ2v) is 6.18. The summed E-state index contributed by atoms with van der Waals surface area (Å²) in [7, 11) is 0. The highest BCUT2D eigenvalue weighted by molar-refractivity contribution is 6.00. The number of fused-ring (bicyclic) bond motifs is 1. The number of aryl methyl sites for hydroxylation is 1. The largest absolute Gasteiger partial charge is 0.491 e. The van der Waals surface area contributed by atoms with Gasteiger partial charge in [0.1, 0.15) is 17.1 Å². The number of nitrogens with zero attached hydrogens (tertiary/aromatic N) is 1. The van der Waals surface area contributed by atoms with Gasteiger partial charge in [-0.3, -0.25) is 4.79 Å². The molecule has 0 aliphatic carbocycles. The lowest BCUT2D eigenvalue weighted by molar-refractivity contribution is 0.0955. The van der Waals surface area contributed by atoms with Crippen molar-refractivity contribution in [1.82, 2.24) is 5.43 Å². The van der Waals surface area contributed by atoms with E-state index in [2.05, 4.69) is 10.5 Å². The monoisotopic (exact) mass is 350 g/mol. The first-order valence-electron chi connectivity index (χ1n) is 8.69. The number of ether oxygens (including phenoxy) is 1. The van der Waals surface area contributed by atoms with E-state index in [-0.39, 0.29) is 12.0 Å². The number of hydrogen-bond donors (Lipinski definition) is 1. The molecule has 1 N–H and O–H groups in total. The van der Waals surface area contributed by atoms with Crippen molar-refractivity contribution in [2.45, 2.75) is 33.3 Å². The molecule has 2 aromatic carbocycles. The predicted octanol–water partition coefficient (Wildman–Crippen LogP) is 4.55. The van der Waals surface area contributed by atoms with Gasteiger partial charge in [-0.1, -0.05) is 25.1 Å². The second kappa shape index (κ2) is 7.87. The Kier molecular flexibility index (Phi) is 5.37. The van der Waals surface area contributed by atoms with Crippen LogP contribution in [0, 0.1) is 0 Å². The van der Waals surface area contributed by atoms with E-state index in [0.29, 0.717) is 5.56 Å². The molecule has 1 amide bonds. The number of furan rings is 1. The number of hydrogen-bond acceptors (Lipinski definition) is 4. The zero-order valence-corrected chi connectivity index (χ0v) is 15.2. The van der Waals surface area contributed by atoms with Gasteiger partial charge in [0.15, 0.2) is 0 Å². The van der Waals surface area contributed by atoms with E-state index in [1.807, 2.05) is 45.0 Å². The van der Waals surface area contributed by atoms with E-state index >= 15 is 0 Å². The van der Waals surface area contributed by atoms with Crippen molar-refractivity contribution in [3.63, 3.8) is 0 Å². The maximum absolute atomic E-state index is 12.2. The zero-order valence-electron chi connectivity index (χ0n) is 15.2. The quantitative estimate of drug-likeness (QED) is 0.524. The standard InChI is InChI=1S/C21H22N2O3/c1-4-19-18(17-7-5-6-8-20(17)26-19)13-22-23-21(24)15-9-11-16(12-10-15)25-14(2)3/h5-14H,4H2,1-3H3,(H,23,24)/b22-13-. The van der Waals surface area contributed by atoms with Crippen molar-refractivity contribution >= 4 is 23.1 Å². The molecule has 1 heterocycles. The summed E-state index contributed by atoms with van der Waals surface area (Å²) in [6, 6.07) is 14.8. The summed E-state index contributed by atoms with van der Waals surface area (Å²) < 4.78 is 11.4. The third-order valence-electron chi connectivity index (χ3n) is 3.88. The molecule has 0 saturated carbocycles. The average Bonchev–Trinajstić information content (AvgIpc) is 3.00. The van der Waals surface area contributed by atoms with Crippen LogP contribution in [0.15, 0.2) is 58.0 Å². The van der Waals surface area contributed by atoms with Gasteiger partial charge < -0.3 is 9.15 Å². The molecule has 0 bridgehead atoms. The fraction of sp³-hybridized carbons (Fsp3) is 0.238. The summed E-state index contributed by atoms with van der Waals surface area (Å²) in [4.78, 5) is 12.2. The molecule has 0 fully saturated rings. The predicted molar refractivity (Wildman–Crippen MR) is 103 cm³/mol. The normalized spacial score (nSPS) is 11.4. The van der Waals surface area contributed by atoms with Crippen LogP contribution in [-0.4, -0.2) is 18.2 Å². The molecule has 26 heavy (non-hydrogen) atoms. The number of para-hydroxylation sites is 1. The molecule has 3 aromatic rings. The first-order chi connectivity index (χ1) is 12.6. The average molecular weight is 350 g/mol. The molecule has 0 radical (unpaired) electrons. The van der Waals surface area contributed by atoms with Gasteiger partial charge in [0.05, 0.1) is 12.3 Å². The van der Waals surface area contributed by atoms with Crippen LogP contribution < -0.4 is 10.2 Å². The van der Waals surface area contributed by atoms with Crippen molar-refractivity contribution in [1.29, 1.82) is 0 Å². The zero-order chi connectivity index (χ0) is 18.5. The number of amides is 1. The number of carbonyl (C=O) groups is 1. The maximum Gasteiger partial charge on any atom is 0.271 e. The van der Waals surface area contributed by atoms with E-state index in [9.17, 15) is 4.79 Å². The van der Waals surface area contributed by atoms with Crippen LogP contribution in [0.25, 0.3) is 11.0 Å². The third kappa shape index (κ3) is 3.94. The Morgan fingerprint density at radius 1 is 1.19 bits per heavy atom. The van der Waals surface area contributed by atoms with Crippen LogP contribution in [0.4, 0.5) is 0 Å². The van der Waals surface area contributed by atoms with Gasteiger partial charge in [-0.05, 0) is 44.2 Å². The van der Waals surface area contributed by atoms with Crippen molar-refractivity contribution < 1.29 is 13.9 Å². The molecule has 0 atom stereocenters. The lowest BCUT2D eigenvalue weighted by atomic mass is 10.1.